The van der Waals surface area contributed by atoms with Gasteiger partial charge in [0.2, 0.25) is 0 Å². The van der Waals surface area contributed by atoms with Crippen LogP contribution in [-0.4, -0.2) is 16.6 Å². The Morgan fingerprint density at radius 2 is 2.10 bits per heavy atom. The molecule has 0 fully saturated rings. The number of hydrogen-bond acceptors (Lipinski definition) is 4. The van der Waals surface area contributed by atoms with Crippen LogP contribution in [0.4, 0.5) is 5.82 Å². The molecule has 0 aliphatic carbocycles. The van der Waals surface area contributed by atoms with Crippen LogP contribution in [0.15, 0.2) is 42.6 Å². The highest BCUT2D eigenvalue weighted by Crippen LogP contribution is 2.27. The summed E-state index contributed by atoms with van der Waals surface area (Å²) in [7, 11) is 0. The van der Waals surface area contributed by atoms with E-state index in [-0.39, 0.29) is 6.54 Å². The zero-order valence-corrected chi connectivity index (χ0v) is 11.7. The van der Waals surface area contributed by atoms with E-state index in [2.05, 4.69) is 10.3 Å². The van der Waals surface area contributed by atoms with Gasteiger partial charge in [0.25, 0.3) is 0 Å². The van der Waals surface area contributed by atoms with Gasteiger partial charge in [0, 0.05) is 23.3 Å². The van der Waals surface area contributed by atoms with Gasteiger partial charge in [0.05, 0.1) is 5.56 Å². The number of aliphatic hydroxyl groups is 1. The largest absolute Gasteiger partial charge is 0.384 e. The Balaban J connectivity index is 2.09. The Kier molecular flexibility index (Phi) is 4.23. The summed E-state index contributed by atoms with van der Waals surface area (Å²) in [4.78, 5) is 4.09. The van der Waals surface area contributed by atoms with E-state index in [0.29, 0.717) is 22.0 Å². The first kappa shape index (κ1) is 14.3. The summed E-state index contributed by atoms with van der Waals surface area (Å²) in [5.41, 5.74) is 0.0321. The van der Waals surface area contributed by atoms with E-state index in [4.69, 9.17) is 16.9 Å². The van der Waals surface area contributed by atoms with Crippen LogP contribution in [0.25, 0.3) is 0 Å². The number of nitrogens with zero attached hydrogens (tertiary/aromatic N) is 2. The lowest BCUT2D eigenvalue weighted by molar-refractivity contribution is 0.0715. The summed E-state index contributed by atoms with van der Waals surface area (Å²) < 4.78 is 0. The van der Waals surface area contributed by atoms with Crippen molar-refractivity contribution < 1.29 is 5.11 Å². The summed E-state index contributed by atoms with van der Waals surface area (Å²) in [6.07, 6.45) is 1.48. The van der Waals surface area contributed by atoms with Gasteiger partial charge in [-0.05, 0) is 25.1 Å². The number of pyridine rings is 1. The number of benzene rings is 1. The van der Waals surface area contributed by atoms with Gasteiger partial charge in [-0.25, -0.2) is 4.98 Å². The van der Waals surface area contributed by atoms with Crippen LogP contribution in [0.5, 0.6) is 0 Å². The minimum absolute atomic E-state index is 0.260. The molecule has 1 unspecified atom stereocenters. The maximum atomic E-state index is 10.5. The highest BCUT2D eigenvalue weighted by Gasteiger charge is 2.25. The van der Waals surface area contributed by atoms with Gasteiger partial charge in [-0.1, -0.05) is 29.8 Å². The molecule has 0 spiro atoms. The van der Waals surface area contributed by atoms with Crippen molar-refractivity contribution >= 4 is 17.4 Å². The van der Waals surface area contributed by atoms with Gasteiger partial charge in [0.1, 0.15) is 17.5 Å². The fourth-order valence-corrected chi connectivity index (χ4v) is 2.16. The second kappa shape index (κ2) is 5.91. The maximum Gasteiger partial charge on any atom is 0.126 e. The quantitative estimate of drug-likeness (QED) is 0.907. The average molecular weight is 288 g/mol. The molecule has 0 bridgehead atoms. The highest BCUT2D eigenvalue weighted by atomic mass is 35.5. The van der Waals surface area contributed by atoms with Crippen LogP contribution in [0, 0.1) is 11.3 Å². The molecule has 2 rings (SSSR count). The van der Waals surface area contributed by atoms with Crippen LogP contribution >= 0.6 is 11.6 Å². The first-order valence-electron chi connectivity index (χ1n) is 6.10. The number of anilines is 1. The lowest BCUT2D eigenvalue weighted by atomic mass is 9.96. The predicted octanol–water partition coefficient (Wildman–Crippen LogP) is 2.93. The van der Waals surface area contributed by atoms with Crippen molar-refractivity contribution in [1.29, 1.82) is 5.26 Å². The molecular formula is C15H14ClN3O. The lowest BCUT2D eigenvalue weighted by Gasteiger charge is -2.25. The molecule has 4 nitrogen and oxygen atoms in total. The molecule has 2 N–H and O–H groups in total. The van der Waals surface area contributed by atoms with Crippen molar-refractivity contribution in [2.45, 2.75) is 12.5 Å². The molecule has 102 valence electrons. The van der Waals surface area contributed by atoms with Crippen LogP contribution in [0.3, 0.4) is 0 Å². The van der Waals surface area contributed by atoms with Crippen LogP contribution in [0.1, 0.15) is 18.1 Å². The molecule has 1 aromatic carbocycles. The summed E-state index contributed by atoms with van der Waals surface area (Å²) in [5.74, 6) is 0.594. The van der Waals surface area contributed by atoms with E-state index in [9.17, 15) is 5.11 Å². The van der Waals surface area contributed by atoms with Crippen LogP contribution in [0.2, 0.25) is 5.02 Å². The Hall–Kier alpha value is -2.09. The maximum absolute atomic E-state index is 10.5. The Morgan fingerprint density at radius 1 is 1.35 bits per heavy atom. The zero-order chi connectivity index (χ0) is 14.6. The van der Waals surface area contributed by atoms with Crippen molar-refractivity contribution in [3.05, 3.63) is 58.7 Å². The van der Waals surface area contributed by atoms with Gasteiger partial charge >= 0.3 is 0 Å². The van der Waals surface area contributed by atoms with E-state index < -0.39 is 5.60 Å². The fraction of sp³-hybridized carbons (Fsp3) is 0.200. The fourth-order valence-electron chi connectivity index (χ4n) is 1.82. The normalized spacial score (nSPS) is 13.3. The van der Waals surface area contributed by atoms with E-state index in [1.165, 1.54) is 6.20 Å². The third-order valence-corrected chi connectivity index (χ3v) is 3.29. The molecule has 0 saturated heterocycles. The molecule has 5 heteroatoms. The Bertz CT molecular complexity index is 632. The first-order chi connectivity index (χ1) is 9.53. The molecule has 0 amide bonds. The first-order valence-corrected chi connectivity index (χ1v) is 6.48. The zero-order valence-electron chi connectivity index (χ0n) is 11.0. The average Bonchev–Trinajstić information content (AvgIpc) is 2.46. The SMILES string of the molecule is CC(O)(CNc1ccc(C#N)cn1)c1ccccc1Cl. The molecule has 1 heterocycles. The second-order valence-electron chi connectivity index (χ2n) is 4.65. The van der Waals surface area contributed by atoms with Crippen molar-refractivity contribution in [1.82, 2.24) is 4.98 Å². The number of nitrogens with one attached hydrogen (secondary N) is 1. The van der Waals surface area contributed by atoms with E-state index in [0.717, 1.165) is 0 Å². The van der Waals surface area contributed by atoms with Crippen molar-refractivity contribution in [2.24, 2.45) is 0 Å². The summed E-state index contributed by atoms with van der Waals surface area (Å²) in [6.45, 7) is 1.94. The molecule has 0 radical (unpaired) electrons. The number of halogens is 1. The molecule has 2 aromatic rings. The van der Waals surface area contributed by atoms with E-state index in [1.54, 1.807) is 31.2 Å². The predicted molar refractivity (Wildman–Crippen MR) is 78.5 cm³/mol. The van der Waals surface area contributed by atoms with Crippen molar-refractivity contribution in [3.8, 4) is 6.07 Å². The number of nitriles is 1. The minimum Gasteiger partial charge on any atom is -0.384 e. The Morgan fingerprint density at radius 3 is 2.70 bits per heavy atom. The molecule has 0 saturated carbocycles. The van der Waals surface area contributed by atoms with Gasteiger partial charge in [-0.2, -0.15) is 5.26 Å². The van der Waals surface area contributed by atoms with Crippen LogP contribution < -0.4 is 5.32 Å². The monoisotopic (exact) mass is 287 g/mol. The van der Waals surface area contributed by atoms with E-state index >= 15 is 0 Å². The molecule has 1 aromatic heterocycles. The molecular weight excluding hydrogens is 274 g/mol. The third-order valence-electron chi connectivity index (χ3n) is 2.96. The van der Waals surface area contributed by atoms with Crippen molar-refractivity contribution in [3.63, 3.8) is 0 Å². The lowest BCUT2D eigenvalue weighted by Crippen LogP contribution is -2.31. The third kappa shape index (κ3) is 3.27. The highest BCUT2D eigenvalue weighted by molar-refractivity contribution is 6.31. The van der Waals surface area contributed by atoms with Gasteiger partial charge in [-0.15, -0.1) is 0 Å². The number of rotatable bonds is 4. The van der Waals surface area contributed by atoms with Gasteiger partial charge < -0.3 is 10.4 Å². The molecule has 0 aliphatic heterocycles. The van der Waals surface area contributed by atoms with Crippen LogP contribution in [-0.2, 0) is 5.60 Å². The van der Waals surface area contributed by atoms with Crippen molar-refractivity contribution in [2.75, 3.05) is 11.9 Å². The molecule has 20 heavy (non-hydrogen) atoms. The number of aromatic nitrogens is 1. The summed E-state index contributed by atoms with van der Waals surface area (Å²) in [6, 6.07) is 12.5. The number of hydrogen-bond donors (Lipinski definition) is 2. The topological polar surface area (TPSA) is 68.9 Å². The summed E-state index contributed by atoms with van der Waals surface area (Å²) >= 11 is 6.09. The smallest absolute Gasteiger partial charge is 0.126 e. The van der Waals surface area contributed by atoms with Gasteiger partial charge in [-0.3, -0.25) is 0 Å². The van der Waals surface area contributed by atoms with Gasteiger partial charge in [0.15, 0.2) is 0 Å². The molecule has 1 atom stereocenters. The standard InChI is InChI=1S/C15H14ClN3O/c1-15(20,12-4-2-3-5-13(12)16)10-19-14-7-6-11(8-17)9-18-14/h2-7,9,20H,10H2,1H3,(H,18,19). The Labute approximate surface area is 122 Å². The second-order valence-corrected chi connectivity index (χ2v) is 5.06. The minimum atomic E-state index is -1.12. The summed E-state index contributed by atoms with van der Waals surface area (Å²) in [5, 5.41) is 22.8. The molecule has 0 aliphatic rings. The van der Waals surface area contributed by atoms with E-state index in [1.807, 2.05) is 18.2 Å².